The lowest BCUT2D eigenvalue weighted by Crippen LogP contribution is -2.46. The normalized spacial score (nSPS) is 30.8. The summed E-state index contributed by atoms with van der Waals surface area (Å²) in [7, 11) is 4.14. The maximum absolute atomic E-state index is 10.9. The molecule has 2 N–H and O–H groups in total. The first kappa shape index (κ1) is 14.1. The first-order chi connectivity index (χ1) is 9.97. The third kappa shape index (κ3) is 2.44. The average molecular weight is 291 g/mol. The van der Waals surface area contributed by atoms with Crippen LogP contribution in [0.15, 0.2) is 18.2 Å². The van der Waals surface area contributed by atoms with Crippen LogP contribution in [0.3, 0.4) is 0 Å². The number of nitrogens with zero attached hydrogens (tertiary/aromatic N) is 2. The monoisotopic (exact) mass is 291 g/mol. The molecule has 0 aliphatic heterocycles. The quantitative estimate of drug-likeness (QED) is 0.523. The zero-order valence-electron chi connectivity index (χ0n) is 12.4. The van der Waals surface area contributed by atoms with Gasteiger partial charge in [-0.05, 0) is 51.3 Å². The van der Waals surface area contributed by atoms with Crippen molar-refractivity contribution in [2.45, 2.75) is 31.4 Å². The molecule has 21 heavy (non-hydrogen) atoms. The molecule has 0 aromatic heterocycles. The Hall–Kier alpha value is -1.82. The predicted molar refractivity (Wildman–Crippen MR) is 80.2 cm³/mol. The van der Waals surface area contributed by atoms with Crippen LogP contribution in [0.25, 0.3) is 0 Å². The van der Waals surface area contributed by atoms with Gasteiger partial charge in [-0.2, -0.15) is 0 Å². The van der Waals surface area contributed by atoms with Crippen molar-refractivity contribution in [3.8, 4) is 5.75 Å². The van der Waals surface area contributed by atoms with Crippen molar-refractivity contribution in [3.63, 3.8) is 0 Å². The molecule has 1 aromatic carbocycles. The third-order valence-electron chi connectivity index (χ3n) is 4.87. The van der Waals surface area contributed by atoms with E-state index in [0.717, 1.165) is 0 Å². The van der Waals surface area contributed by atoms with Crippen LogP contribution in [0.5, 0.6) is 5.75 Å². The number of nitrogen functional groups attached to an aromatic ring is 1. The minimum absolute atomic E-state index is 0.0174. The summed E-state index contributed by atoms with van der Waals surface area (Å²) in [5.74, 6) is 1.63. The van der Waals surface area contributed by atoms with Gasteiger partial charge < -0.3 is 15.4 Å². The van der Waals surface area contributed by atoms with Gasteiger partial charge in [0, 0.05) is 12.1 Å². The van der Waals surface area contributed by atoms with Crippen LogP contribution >= 0.6 is 0 Å². The predicted octanol–water partition coefficient (Wildman–Crippen LogP) is 2.28. The Morgan fingerprint density at radius 3 is 2.71 bits per heavy atom. The zero-order chi connectivity index (χ0) is 15.1. The van der Waals surface area contributed by atoms with Gasteiger partial charge in [0.1, 0.15) is 11.9 Å². The highest BCUT2D eigenvalue weighted by atomic mass is 16.6. The standard InChI is InChI=1S/C15H21N3O3/c1-17(2)14-9-3-4-10(7-9)15(14)21-13-8-11(18(19)20)5-6-12(13)16/h5-6,8-10,14-15H,3-4,7,16H2,1-2H3. The van der Waals surface area contributed by atoms with E-state index in [9.17, 15) is 10.1 Å². The second-order valence-electron chi connectivity index (χ2n) is 6.35. The molecule has 0 radical (unpaired) electrons. The summed E-state index contributed by atoms with van der Waals surface area (Å²) >= 11 is 0. The van der Waals surface area contributed by atoms with Gasteiger partial charge in [-0.1, -0.05) is 0 Å². The molecule has 2 aliphatic rings. The Balaban J connectivity index is 1.86. The molecule has 2 aliphatic carbocycles. The van der Waals surface area contributed by atoms with Crippen molar-refractivity contribution in [1.29, 1.82) is 0 Å². The number of benzene rings is 1. The molecule has 1 aromatic rings. The van der Waals surface area contributed by atoms with Gasteiger partial charge in [0.25, 0.3) is 5.69 Å². The van der Waals surface area contributed by atoms with Gasteiger partial charge in [0.05, 0.1) is 16.7 Å². The summed E-state index contributed by atoms with van der Waals surface area (Å²) in [4.78, 5) is 12.7. The molecular weight excluding hydrogens is 270 g/mol. The largest absolute Gasteiger partial charge is 0.486 e. The second kappa shape index (κ2) is 5.18. The van der Waals surface area contributed by atoms with Gasteiger partial charge in [0.2, 0.25) is 0 Å². The van der Waals surface area contributed by atoms with E-state index in [1.165, 1.54) is 31.4 Å². The lowest BCUT2D eigenvalue weighted by molar-refractivity contribution is -0.384. The molecule has 0 spiro atoms. The summed E-state index contributed by atoms with van der Waals surface area (Å²) in [6.45, 7) is 0. The number of non-ortho nitro benzene ring substituents is 1. The van der Waals surface area contributed by atoms with Gasteiger partial charge >= 0.3 is 0 Å². The molecule has 6 heteroatoms. The molecule has 0 amide bonds. The van der Waals surface area contributed by atoms with Crippen molar-refractivity contribution >= 4 is 11.4 Å². The van der Waals surface area contributed by atoms with Gasteiger partial charge in [-0.3, -0.25) is 10.1 Å². The Labute approximate surface area is 124 Å². The van der Waals surface area contributed by atoms with Crippen molar-refractivity contribution in [2.75, 3.05) is 19.8 Å². The van der Waals surface area contributed by atoms with Gasteiger partial charge in [-0.25, -0.2) is 0 Å². The minimum Gasteiger partial charge on any atom is -0.486 e. The van der Waals surface area contributed by atoms with E-state index in [4.69, 9.17) is 10.5 Å². The highest BCUT2D eigenvalue weighted by Gasteiger charge is 2.50. The Morgan fingerprint density at radius 2 is 2.05 bits per heavy atom. The maximum atomic E-state index is 10.9. The zero-order valence-corrected chi connectivity index (χ0v) is 12.4. The van der Waals surface area contributed by atoms with E-state index in [-0.39, 0.29) is 11.8 Å². The fraction of sp³-hybridized carbons (Fsp3) is 0.600. The number of nitro benzene ring substituents is 1. The number of nitro groups is 1. The second-order valence-corrected chi connectivity index (χ2v) is 6.35. The topological polar surface area (TPSA) is 81.6 Å². The number of hydrogen-bond acceptors (Lipinski definition) is 5. The van der Waals surface area contributed by atoms with Crippen LogP contribution in [-0.4, -0.2) is 36.1 Å². The maximum Gasteiger partial charge on any atom is 0.273 e. The average Bonchev–Trinajstić information content (AvgIpc) is 3.01. The number of anilines is 1. The Morgan fingerprint density at radius 1 is 1.33 bits per heavy atom. The summed E-state index contributed by atoms with van der Waals surface area (Å²) in [6.07, 6.45) is 3.68. The lowest BCUT2D eigenvalue weighted by atomic mass is 9.91. The SMILES string of the molecule is CN(C)C1C2CCC(C2)C1Oc1cc([N+](=O)[O-])ccc1N. The van der Waals surface area contributed by atoms with Crippen LogP contribution in [0.2, 0.25) is 0 Å². The van der Waals surface area contributed by atoms with E-state index in [1.54, 1.807) is 6.07 Å². The van der Waals surface area contributed by atoms with Crippen molar-refractivity contribution in [3.05, 3.63) is 28.3 Å². The molecule has 2 bridgehead atoms. The molecule has 3 rings (SSSR count). The molecule has 2 saturated carbocycles. The highest BCUT2D eigenvalue weighted by Crippen LogP contribution is 2.48. The first-order valence-electron chi connectivity index (χ1n) is 7.34. The number of fused-ring (bicyclic) bond motifs is 2. The number of rotatable bonds is 4. The van der Waals surface area contributed by atoms with Crippen molar-refractivity contribution in [1.82, 2.24) is 4.90 Å². The smallest absolute Gasteiger partial charge is 0.273 e. The molecule has 4 atom stereocenters. The Bertz CT molecular complexity index is 561. The molecule has 0 saturated heterocycles. The molecule has 6 nitrogen and oxygen atoms in total. The van der Waals surface area contributed by atoms with Gasteiger partial charge in [0.15, 0.2) is 0 Å². The van der Waals surface area contributed by atoms with E-state index < -0.39 is 4.92 Å². The fourth-order valence-electron chi connectivity index (χ4n) is 3.98. The summed E-state index contributed by atoms with van der Waals surface area (Å²) in [5.41, 5.74) is 6.40. The van der Waals surface area contributed by atoms with Crippen molar-refractivity contribution < 1.29 is 9.66 Å². The number of nitrogens with two attached hydrogens (primary N) is 1. The number of ether oxygens (including phenoxy) is 1. The fourth-order valence-corrected chi connectivity index (χ4v) is 3.98. The van der Waals surface area contributed by atoms with Gasteiger partial charge in [-0.15, -0.1) is 0 Å². The highest BCUT2D eigenvalue weighted by molar-refractivity contribution is 5.57. The lowest BCUT2D eigenvalue weighted by Gasteiger charge is -2.35. The van der Waals surface area contributed by atoms with Crippen LogP contribution < -0.4 is 10.5 Å². The first-order valence-corrected chi connectivity index (χ1v) is 7.34. The van der Waals surface area contributed by atoms with E-state index in [0.29, 0.717) is 29.3 Å². The number of hydrogen-bond donors (Lipinski definition) is 1. The molecule has 4 unspecified atom stereocenters. The molecule has 114 valence electrons. The van der Waals surface area contributed by atoms with Crippen LogP contribution in [0.1, 0.15) is 19.3 Å². The summed E-state index contributed by atoms with van der Waals surface area (Å²) < 4.78 is 6.13. The van der Waals surface area contributed by atoms with Crippen molar-refractivity contribution in [2.24, 2.45) is 11.8 Å². The summed E-state index contributed by atoms with van der Waals surface area (Å²) in [6, 6.07) is 4.76. The molecule has 0 heterocycles. The van der Waals surface area contributed by atoms with E-state index in [1.807, 2.05) is 0 Å². The van der Waals surface area contributed by atoms with Crippen LogP contribution in [0.4, 0.5) is 11.4 Å². The van der Waals surface area contributed by atoms with Crippen LogP contribution in [-0.2, 0) is 0 Å². The summed E-state index contributed by atoms with van der Waals surface area (Å²) in [5, 5.41) is 10.9. The number of likely N-dealkylation sites (N-methyl/N-ethyl adjacent to an activating group) is 1. The minimum atomic E-state index is -0.420. The van der Waals surface area contributed by atoms with E-state index in [2.05, 4.69) is 19.0 Å². The molecular formula is C15H21N3O3. The third-order valence-corrected chi connectivity index (χ3v) is 4.87. The van der Waals surface area contributed by atoms with E-state index >= 15 is 0 Å². The Kier molecular flexibility index (Phi) is 3.49. The van der Waals surface area contributed by atoms with Crippen LogP contribution in [0, 0.1) is 22.0 Å². The molecule has 2 fully saturated rings.